The van der Waals surface area contributed by atoms with Gasteiger partial charge < -0.3 is 14.4 Å². The molecule has 0 saturated carbocycles. The van der Waals surface area contributed by atoms with E-state index < -0.39 is 23.9 Å². The minimum absolute atomic E-state index is 0.0777. The van der Waals surface area contributed by atoms with Crippen LogP contribution in [0.5, 0.6) is 0 Å². The van der Waals surface area contributed by atoms with Crippen LogP contribution in [0.4, 0.5) is 4.39 Å². The van der Waals surface area contributed by atoms with Gasteiger partial charge >= 0.3 is 0 Å². The summed E-state index contributed by atoms with van der Waals surface area (Å²) in [6.45, 7) is -0.0777. The van der Waals surface area contributed by atoms with Crippen molar-refractivity contribution in [3.05, 3.63) is 116 Å². The Morgan fingerprint density at radius 2 is 1.75 bits per heavy atom. The van der Waals surface area contributed by atoms with Crippen molar-refractivity contribution in [1.29, 1.82) is 0 Å². The fourth-order valence-corrected chi connectivity index (χ4v) is 4.31. The number of halogens is 2. The molecule has 0 fully saturated rings. The minimum atomic E-state index is -0.989. The second-order valence-electron chi connectivity index (χ2n) is 7.65. The van der Waals surface area contributed by atoms with E-state index in [0.29, 0.717) is 16.1 Å². The Morgan fingerprint density at radius 3 is 2.47 bits per heavy atom. The highest BCUT2D eigenvalue weighted by Crippen LogP contribution is 2.39. The van der Waals surface area contributed by atoms with Crippen LogP contribution >= 0.6 is 11.6 Å². The Morgan fingerprint density at radius 1 is 1.03 bits per heavy atom. The van der Waals surface area contributed by atoms with Crippen molar-refractivity contribution in [2.24, 2.45) is 0 Å². The van der Waals surface area contributed by atoms with E-state index in [-0.39, 0.29) is 34.3 Å². The van der Waals surface area contributed by atoms with Gasteiger partial charge in [0, 0.05) is 5.02 Å². The number of nitrogens with zero attached hydrogens (tertiary/aromatic N) is 1. The monoisotopic (exact) mass is 449 g/mol. The SMILES string of the molecule is O=C1c2oc3ccc(Cl)cc3c(=O)c2C(c2ccc(F)cc2)N1CC(O)c1ccccc1. The summed E-state index contributed by atoms with van der Waals surface area (Å²) in [5.41, 5.74) is 1.17. The third-order valence-electron chi connectivity index (χ3n) is 5.67. The second kappa shape index (κ2) is 7.89. The lowest BCUT2D eigenvalue weighted by molar-refractivity contribution is 0.0583. The summed E-state index contributed by atoms with van der Waals surface area (Å²) >= 11 is 6.07. The Kier molecular flexibility index (Phi) is 5.04. The minimum Gasteiger partial charge on any atom is -0.450 e. The summed E-state index contributed by atoms with van der Waals surface area (Å²) in [5, 5.41) is 11.4. The van der Waals surface area contributed by atoms with Gasteiger partial charge in [-0.1, -0.05) is 54.1 Å². The van der Waals surface area contributed by atoms with Gasteiger partial charge in [0.1, 0.15) is 11.4 Å². The molecule has 1 aliphatic rings. The van der Waals surface area contributed by atoms with Crippen LogP contribution in [0.2, 0.25) is 5.02 Å². The molecular formula is C25H17ClFNO4. The van der Waals surface area contributed by atoms with E-state index in [0.717, 1.165) is 0 Å². The highest BCUT2D eigenvalue weighted by atomic mass is 35.5. The molecule has 1 N–H and O–H groups in total. The average Bonchev–Trinajstić information content (AvgIpc) is 3.07. The first-order chi connectivity index (χ1) is 15.4. The maximum atomic E-state index is 13.6. The zero-order valence-corrected chi connectivity index (χ0v) is 17.4. The molecule has 4 aromatic rings. The van der Waals surface area contributed by atoms with Gasteiger partial charge in [-0.3, -0.25) is 9.59 Å². The molecule has 0 bridgehead atoms. The molecule has 1 aliphatic heterocycles. The van der Waals surface area contributed by atoms with E-state index >= 15 is 0 Å². The zero-order valence-electron chi connectivity index (χ0n) is 16.7. The maximum absolute atomic E-state index is 13.6. The third-order valence-corrected chi connectivity index (χ3v) is 5.90. The summed E-state index contributed by atoms with van der Waals surface area (Å²) in [7, 11) is 0. The van der Waals surface area contributed by atoms with Gasteiger partial charge in [0.05, 0.1) is 29.6 Å². The summed E-state index contributed by atoms with van der Waals surface area (Å²) in [6, 6.07) is 18.3. The molecule has 7 heteroatoms. The van der Waals surface area contributed by atoms with E-state index in [1.54, 1.807) is 36.4 Å². The molecule has 2 atom stereocenters. The fourth-order valence-electron chi connectivity index (χ4n) is 4.14. The van der Waals surface area contributed by atoms with Gasteiger partial charge in [0.25, 0.3) is 5.91 Å². The Balaban J connectivity index is 1.68. The van der Waals surface area contributed by atoms with Crippen LogP contribution in [0, 0.1) is 5.82 Å². The normalized spacial score (nSPS) is 16.4. The van der Waals surface area contributed by atoms with Crippen molar-refractivity contribution in [3.8, 4) is 0 Å². The quantitative estimate of drug-likeness (QED) is 0.483. The van der Waals surface area contributed by atoms with Crippen LogP contribution in [0.3, 0.4) is 0 Å². The summed E-state index contributed by atoms with van der Waals surface area (Å²) in [4.78, 5) is 28.2. The van der Waals surface area contributed by atoms with Gasteiger partial charge in [0.15, 0.2) is 5.43 Å². The topological polar surface area (TPSA) is 70.8 Å². The number of rotatable bonds is 4. The first kappa shape index (κ1) is 20.4. The predicted molar refractivity (Wildman–Crippen MR) is 118 cm³/mol. The number of carbonyl (C=O) groups is 1. The van der Waals surface area contributed by atoms with Crippen molar-refractivity contribution >= 4 is 28.5 Å². The average molecular weight is 450 g/mol. The van der Waals surface area contributed by atoms with Crippen molar-refractivity contribution in [2.75, 3.05) is 6.54 Å². The van der Waals surface area contributed by atoms with Crippen LogP contribution in [0.15, 0.2) is 82.0 Å². The molecular weight excluding hydrogens is 433 g/mol. The van der Waals surface area contributed by atoms with Gasteiger partial charge in [0.2, 0.25) is 5.76 Å². The highest BCUT2D eigenvalue weighted by molar-refractivity contribution is 6.31. The summed E-state index contributed by atoms with van der Waals surface area (Å²) in [6.07, 6.45) is -0.989. The number of fused-ring (bicyclic) bond motifs is 2. The van der Waals surface area contributed by atoms with Gasteiger partial charge in [-0.05, 0) is 41.5 Å². The Labute approximate surface area is 187 Å². The number of aliphatic hydroxyl groups is 1. The Hall–Kier alpha value is -3.48. The van der Waals surface area contributed by atoms with Crippen LogP contribution < -0.4 is 5.43 Å². The summed E-state index contributed by atoms with van der Waals surface area (Å²) in [5.74, 6) is -1.04. The number of aliphatic hydroxyl groups excluding tert-OH is 1. The zero-order chi connectivity index (χ0) is 22.4. The number of hydrogen-bond acceptors (Lipinski definition) is 4. The molecule has 1 aromatic heterocycles. The molecule has 5 rings (SSSR count). The van der Waals surface area contributed by atoms with Gasteiger partial charge in [-0.25, -0.2) is 4.39 Å². The van der Waals surface area contributed by atoms with Crippen LogP contribution in [0.1, 0.15) is 39.4 Å². The van der Waals surface area contributed by atoms with Crippen LogP contribution in [0.25, 0.3) is 11.0 Å². The molecule has 2 unspecified atom stereocenters. The van der Waals surface area contributed by atoms with E-state index in [2.05, 4.69) is 0 Å². The lowest BCUT2D eigenvalue weighted by Crippen LogP contribution is -2.33. The largest absolute Gasteiger partial charge is 0.450 e. The molecule has 0 saturated heterocycles. The van der Waals surface area contributed by atoms with E-state index in [4.69, 9.17) is 16.0 Å². The molecule has 2 heterocycles. The van der Waals surface area contributed by atoms with E-state index in [1.807, 2.05) is 6.07 Å². The second-order valence-corrected chi connectivity index (χ2v) is 8.09. The number of carbonyl (C=O) groups excluding carboxylic acids is 1. The van der Waals surface area contributed by atoms with Crippen molar-refractivity contribution in [2.45, 2.75) is 12.1 Å². The number of benzene rings is 3. The first-order valence-electron chi connectivity index (χ1n) is 10.00. The molecule has 32 heavy (non-hydrogen) atoms. The molecule has 0 aliphatic carbocycles. The Bertz CT molecular complexity index is 1390. The molecule has 1 amide bonds. The van der Waals surface area contributed by atoms with E-state index in [9.17, 15) is 19.1 Å². The molecule has 0 radical (unpaired) electrons. The van der Waals surface area contributed by atoms with Crippen molar-refractivity contribution < 1.29 is 18.7 Å². The van der Waals surface area contributed by atoms with Crippen molar-refractivity contribution in [1.82, 2.24) is 4.90 Å². The van der Waals surface area contributed by atoms with Gasteiger partial charge in [-0.15, -0.1) is 0 Å². The number of amides is 1. The molecule has 5 nitrogen and oxygen atoms in total. The maximum Gasteiger partial charge on any atom is 0.291 e. The first-order valence-corrected chi connectivity index (χ1v) is 10.4. The van der Waals surface area contributed by atoms with E-state index in [1.165, 1.54) is 35.2 Å². The van der Waals surface area contributed by atoms with Crippen LogP contribution in [-0.2, 0) is 0 Å². The molecule has 160 valence electrons. The standard InChI is InChI=1S/C25H17ClFNO4/c26-16-8-11-20-18(12-16)23(30)21-22(15-6-9-17(27)10-7-15)28(25(31)24(21)32-20)13-19(29)14-4-2-1-3-5-14/h1-12,19,22,29H,13H2. The molecule has 0 spiro atoms. The highest BCUT2D eigenvalue weighted by Gasteiger charge is 2.43. The number of β-amino-alcohol motifs (C(OH)–C–C–N with tert-alkyl or cyclic N) is 1. The lowest BCUT2D eigenvalue weighted by Gasteiger charge is -2.27. The van der Waals surface area contributed by atoms with Gasteiger partial charge in [-0.2, -0.15) is 0 Å². The predicted octanol–water partition coefficient (Wildman–Crippen LogP) is 4.86. The smallest absolute Gasteiger partial charge is 0.291 e. The lowest BCUT2D eigenvalue weighted by atomic mass is 9.98. The number of hydrogen-bond donors (Lipinski definition) is 1. The van der Waals surface area contributed by atoms with Crippen molar-refractivity contribution in [3.63, 3.8) is 0 Å². The fraction of sp³-hybridized carbons (Fsp3) is 0.120. The molecule has 3 aromatic carbocycles. The third kappa shape index (κ3) is 3.38. The van der Waals surface area contributed by atoms with Crippen LogP contribution in [-0.4, -0.2) is 22.5 Å². The summed E-state index contributed by atoms with van der Waals surface area (Å²) < 4.78 is 19.4.